The van der Waals surface area contributed by atoms with Gasteiger partial charge in [-0.05, 0) is 106 Å². The second-order valence-corrected chi connectivity index (χ2v) is 11.1. The van der Waals surface area contributed by atoms with Gasteiger partial charge in [0.05, 0.1) is 0 Å². The Morgan fingerprint density at radius 3 is 2.38 bits per heavy atom. The molecule has 0 fully saturated rings. The van der Waals surface area contributed by atoms with Gasteiger partial charge in [0, 0.05) is 0 Å². The Hall–Kier alpha value is -2.86. The number of rotatable bonds is 17. The molecule has 0 bridgehead atoms. The summed E-state index contributed by atoms with van der Waals surface area (Å²) in [6, 6.07) is 6.69. The topological polar surface area (TPSA) is 0 Å². The minimum atomic E-state index is 0.513. The summed E-state index contributed by atoms with van der Waals surface area (Å²) in [5.74, 6) is 0.513. The Balaban J connectivity index is 3.08. The van der Waals surface area contributed by atoms with E-state index in [-0.39, 0.29) is 0 Å². The van der Waals surface area contributed by atoms with Crippen LogP contribution >= 0.6 is 0 Å². The van der Waals surface area contributed by atoms with Crippen molar-refractivity contribution in [3.05, 3.63) is 125 Å². The molecule has 0 aromatic heterocycles. The first-order valence-corrected chi connectivity index (χ1v) is 15.1. The van der Waals surface area contributed by atoms with E-state index in [1.807, 2.05) is 6.08 Å². The van der Waals surface area contributed by atoms with Gasteiger partial charge in [0.15, 0.2) is 0 Å². The summed E-state index contributed by atoms with van der Waals surface area (Å²) in [6.45, 7) is 26.1. The van der Waals surface area contributed by atoms with Crippen LogP contribution in [0.1, 0.15) is 110 Å². The van der Waals surface area contributed by atoms with Crippen LogP contribution < -0.4 is 0 Å². The average Bonchev–Trinajstić information content (AvgIpc) is 2.92. The molecule has 0 aliphatic rings. The molecule has 0 spiro atoms. The van der Waals surface area contributed by atoms with Gasteiger partial charge in [-0.1, -0.05) is 137 Å². The van der Waals surface area contributed by atoms with Crippen LogP contribution in [0, 0.1) is 12.8 Å². The van der Waals surface area contributed by atoms with Gasteiger partial charge >= 0.3 is 0 Å². The molecule has 0 saturated heterocycles. The maximum Gasteiger partial charge on any atom is -0.00888 e. The summed E-state index contributed by atoms with van der Waals surface area (Å²) in [5.41, 5.74) is 11.8. The van der Waals surface area contributed by atoms with Gasteiger partial charge in [0.1, 0.15) is 0 Å². The third kappa shape index (κ3) is 12.7. The number of unbranched alkanes of at least 4 members (excludes halogenated alkanes) is 3. The monoisotopic (exact) mass is 524 g/mol. The number of allylic oxidation sites excluding steroid dienone is 14. The molecule has 1 aromatic carbocycles. The molecule has 212 valence electrons. The van der Waals surface area contributed by atoms with E-state index in [9.17, 15) is 0 Å². The van der Waals surface area contributed by atoms with Crippen LogP contribution in [0.2, 0.25) is 0 Å². The lowest BCUT2D eigenvalue weighted by atomic mass is 9.90. The van der Waals surface area contributed by atoms with Crippen LogP contribution in [0.25, 0.3) is 5.57 Å². The molecule has 0 nitrogen and oxygen atoms in total. The van der Waals surface area contributed by atoms with Crippen LogP contribution in [0.5, 0.6) is 0 Å². The highest BCUT2D eigenvalue weighted by atomic mass is 14.1. The molecule has 0 heterocycles. The predicted octanol–water partition coefficient (Wildman–Crippen LogP) is 12.4. The molecule has 1 unspecified atom stereocenters. The van der Waals surface area contributed by atoms with Gasteiger partial charge in [0.25, 0.3) is 0 Å². The lowest BCUT2D eigenvalue weighted by molar-refractivity contribution is 0.713. The van der Waals surface area contributed by atoms with E-state index in [4.69, 9.17) is 0 Å². The Morgan fingerprint density at radius 1 is 1.00 bits per heavy atom. The van der Waals surface area contributed by atoms with E-state index in [0.29, 0.717) is 5.92 Å². The van der Waals surface area contributed by atoms with Crippen molar-refractivity contribution in [3.63, 3.8) is 0 Å². The molecule has 1 atom stereocenters. The molecule has 1 rings (SSSR count). The molecule has 1 aromatic rings. The quantitative estimate of drug-likeness (QED) is 0.140. The smallest absolute Gasteiger partial charge is 0.00888 e. The van der Waals surface area contributed by atoms with Crippen molar-refractivity contribution in [2.45, 2.75) is 107 Å². The van der Waals surface area contributed by atoms with Crippen LogP contribution in [-0.4, -0.2) is 0 Å². The molecule has 0 aliphatic heterocycles. The SMILES string of the molecule is C=C/C(C)=C(CCCCC)\C(C)=C/Cc1cccc(/C(=C/C=C\CC(C)/C=C\C(C)=C/CCC)C(=C)C)c1C. The maximum absolute atomic E-state index is 4.30. The highest BCUT2D eigenvalue weighted by Gasteiger charge is 2.10. The highest BCUT2D eigenvalue weighted by Crippen LogP contribution is 2.29. The predicted molar refractivity (Wildman–Crippen MR) is 179 cm³/mol. The van der Waals surface area contributed by atoms with Gasteiger partial charge in [-0.15, -0.1) is 0 Å². The average molecular weight is 525 g/mol. The van der Waals surface area contributed by atoms with Crippen molar-refractivity contribution in [1.82, 2.24) is 0 Å². The molecule has 0 amide bonds. The van der Waals surface area contributed by atoms with E-state index in [0.717, 1.165) is 31.3 Å². The fourth-order valence-electron chi connectivity index (χ4n) is 4.72. The third-order valence-electron chi connectivity index (χ3n) is 7.46. The van der Waals surface area contributed by atoms with Crippen molar-refractivity contribution in [1.29, 1.82) is 0 Å². The van der Waals surface area contributed by atoms with E-state index in [2.05, 4.69) is 129 Å². The van der Waals surface area contributed by atoms with E-state index in [1.54, 1.807) is 0 Å². The zero-order valence-corrected chi connectivity index (χ0v) is 26.5. The summed E-state index contributed by atoms with van der Waals surface area (Å²) in [4.78, 5) is 0. The molecule has 0 heteroatoms. The van der Waals surface area contributed by atoms with Crippen molar-refractivity contribution < 1.29 is 0 Å². The Labute approximate surface area is 242 Å². The molecule has 39 heavy (non-hydrogen) atoms. The van der Waals surface area contributed by atoms with E-state index < -0.39 is 0 Å². The van der Waals surface area contributed by atoms with Crippen LogP contribution in [0.3, 0.4) is 0 Å². The van der Waals surface area contributed by atoms with Crippen molar-refractivity contribution in [3.8, 4) is 0 Å². The molecule has 0 N–H and O–H groups in total. The Kier molecular flexibility index (Phi) is 16.9. The number of hydrogen-bond acceptors (Lipinski definition) is 0. The maximum atomic E-state index is 4.30. The lowest BCUT2D eigenvalue weighted by Gasteiger charge is -2.15. The summed E-state index contributed by atoms with van der Waals surface area (Å²) >= 11 is 0. The van der Waals surface area contributed by atoms with Gasteiger partial charge in [0.2, 0.25) is 0 Å². The zero-order chi connectivity index (χ0) is 29.2. The minimum absolute atomic E-state index is 0.513. The van der Waals surface area contributed by atoms with E-state index in [1.165, 1.54) is 70.2 Å². The van der Waals surface area contributed by atoms with Crippen molar-refractivity contribution in [2.75, 3.05) is 0 Å². The van der Waals surface area contributed by atoms with E-state index >= 15 is 0 Å². The summed E-state index contributed by atoms with van der Waals surface area (Å²) < 4.78 is 0. The van der Waals surface area contributed by atoms with Crippen LogP contribution in [0.15, 0.2) is 108 Å². The van der Waals surface area contributed by atoms with Gasteiger partial charge in [-0.3, -0.25) is 0 Å². The second kappa shape index (κ2) is 19.2. The summed E-state index contributed by atoms with van der Waals surface area (Å²) in [7, 11) is 0. The van der Waals surface area contributed by atoms with Gasteiger partial charge in [-0.25, -0.2) is 0 Å². The van der Waals surface area contributed by atoms with Crippen molar-refractivity contribution >= 4 is 5.57 Å². The number of benzene rings is 1. The molecular formula is C39H56. The highest BCUT2D eigenvalue weighted by molar-refractivity contribution is 5.81. The minimum Gasteiger partial charge on any atom is -0.0988 e. The van der Waals surface area contributed by atoms with Gasteiger partial charge in [-0.2, -0.15) is 0 Å². The zero-order valence-electron chi connectivity index (χ0n) is 26.5. The van der Waals surface area contributed by atoms with Gasteiger partial charge < -0.3 is 0 Å². The first kappa shape index (κ1) is 34.2. The first-order valence-electron chi connectivity index (χ1n) is 15.1. The fourth-order valence-corrected chi connectivity index (χ4v) is 4.72. The standard InChI is InChI=1S/C39H56/c1-11-14-16-24-38(33(8)13-3)34(9)28-29-36-22-19-25-39(35(36)10)37(30(4)5)23-18-17-21-32(7)27-26-31(6)20-15-12-2/h13,17-20,22-23,25-28,32H,3-4,11-12,14-16,21,24,29H2,1-2,5-10H3/b18-17-,27-26-,31-20-,34-28-,37-23+,38-33-. The fraction of sp³-hybridized carbons (Fsp3) is 0.436. The van der Waals surface area contributed by atoms with Crippen molar-refractivity contribution in [2.24, 2.45) is 5.92 Å². The normalized spacial score (nSPS) is 14.7. The van der Waals surface area contributed by atoms with Crippen LogP contribution in [0.4, 0.5) is 0 Å². The first-order chi connectivity index (χ1) is 18.7. The molecule has 0 aliphatic carbocycles. The Morgan fingerprint density at radius 2 is 1.74 bits per heavy atom. The van der Waals surface area contributed by atoms with Crippen LogP contribution in [-0.2, 0) is 6.42 Å². The number of hydrogen-bond donors (Lipinski definition) is 0. The summed E-state index contributed by atoms with van der Waals surface area (Å²) in [5, 5.41) is 0. The molecule has 0 radical (unpaired) electrons. The Bertz CT molecular complexity index is 1110. The molecule has 0 saturated carbocycles. The largest absolute Gasteiger partial charge is 0.0988 e. The lowest BCUT2D eigenvalue weighted by Crippen LogP contribution is -1.97. The second-order valence-electron chi connectivity index (χ2n) is 11.1. The third-order valence-corrected chi connectivity index (χ3v) is 7.46. The molecular weight excluding hydrogens is 468 g/mol. The summed E-state index contributed by atoms with van der Waals surface area (Å²) in [6.07, 6.45) is 27.2.